The Morgan fingerprint density at radius 2 is 1.87 bits per heavy atom. The van der Waals surface area contributed by atoms with Crippen LogP contribution in [0.5, 0.6) is 5.75 Å². The Balaban J connectivity index is 1.53. The van der Waals surface area contributed by atoms with Gasteiger partial charge in [0.05, 0.1) is 32.0 Å². The fourth-order valence-corrected chi connectivity index (χ4v) is 3.58. The van der Waals surface area contributed by atoms with Gasteiger partial charge in [0.25, 0.3) is 0 Å². The maximum absolute atomic E-state index is 12.2. The quantitative estimate of drug-likeness (QED) is 0.516. The van der Waals surface area contributed by atoms with Crippen LogP contribution in [0.2, 0.25) is 0 Å². The molecule has 2 amide bonds. The smallest absolute Gasteiger partial charge is 0.406 e. The topological polar surface area (TPSA) is 113 Å². The Kier molecular flexibility index (Phi) is 7.36. The van der Waals surface area contributed by atoms with E-state index >= 15 is 0 Å². The average molecular weight is 435 g/mol. The van der Waals surface area contributed by atoms with Gasteiger partial charge in [-0.2, -0.15) is 0 Å². The molecule has 0 aromatic heterocycles. The summed E-state index contributed by atoms with van der Waals surface area (Å²) >= 11 is 0. The summed E-state index contributed by atoms with van der Waals surface area (Å²) in [6.45, 7) is 1.94. The second-order valence-electron chi connectivity index (χ2n) is 6.93. The third kappa shape index (κ3) is 5.95. The van der Waals surface area contributed by atoms with Gasteiger partial charge < -0.3 is 35.1 Å². The van der Waals surface area contributed by atoms with Crippen molar-refractivity contribution in [1.29, 1.82) is 0 Å². The molecule has 0 radical (unpaired) electrons. The number of anilines is 1. The summed E-state index contributed by atoms with van der Waals surface area (Å²) in [5.41, 5.74) is 0.271. The van der Waals surface area contributed by atoms with Crippen molar-refractivity contribution in [2.45, 2.75) is 30.7 Å². The molecule has 1 aromatic rings. The van der Waals surface area contributed by atoms with E-state index in [9.17, 15) is 28.2 Å². The van der Waals surface area contributed by atoms with Crippen molar-refractivity contribution in [2.24, 2.45) is 0 Å². The maximum Gasteiger partial charge on any atom is 0.573 e. The molecule has 3 rings (SSSR count). The van der Waals surface area contributed by atoms with Crippen LogP contribution >= 0.6 is 0 Å². The predicted octanol–water partition coefficient (Wildman–Crippen LogP) is 0.528. The van der Waals surface area contributed by atoms with Crippen LogP contribution in [-0.2, 0) is 9.47 Å². The molecule has 9 nitrogen and oxygen atoms in total. The molecule has 0 bridgehead atoms. The minimum Gasteiger partial charge on any atom is -0.406 e. The predicted molar refractivity (Wildman–Crippen MR) is 98.1 cm³/mol. The highest BCUT2D eigenvalue weighted by Gasteiger charge is 2.46. The van der Waals surface area contributed by atoms with Gasteiger partial charge >= 0.3 is 12.4 Å². The number of benzene rings is 1. The number of carbonyl (C=O) groups is 1. The van der Waals surface area contributed by atoms with Crippen molar-refractivity contribution in [3.05, 3.63) is 24.3 Å². The Morgan fingerprint density at radius 1 is 1.20 bits per heavy atom. The third-order valence-corrected chi connectivity index (χ3v) is 4.92. The lowest BCUT2D eigenvalue weighted by Crippen LogP contribution is -2.54. The highest BCUT2D eigenvalue weighted by atomic mass is 19.4. The molecule has 1 aromatic carbocycles. The van der Waals surface area contributed by atoms with Gasteiger partial charge in [0.2, 0.25) is 0 Å². The number of carbonyl (C=O) groups excluding carboxylic acids is 1. The van der Waals surface area contributed by atoms with Crippen molar-refractivity contribution in [2.75, 3.05) is 44.8 Å². The number of aliphatic hydroxyl groups is 2. The second kappa shape index (κ2) is 9.79. The molecule has 2 fully saturated rings. The minimum absolute atomic E-state index is 0.0662. The first-order valence-electron chi connectivity index (χ1n) is 9.43. The van der Waals surface area contributed by atoms with Crippen molar-refractivity contribution in [1.82, 2.24) is 10.2 Å². The number of amides is 2. The highest BCUT2D eigenvalue weighted by molar-refractivity contribution is 5.89. The van der Waals surface area contributed by atoms with Crippen LogP contribution in [0.3, 0.4) is 0 Å². The molecule has 2 aliphatic heterocycles. The van der Waals surface area contributed by atoms with Crippen LogP contribution in [0.4, 0.5) is 23.7 Å². The minimum atomic E-state index is -4.79. The normalized spacial score (nSPS) is 27.6. The van der Waals surface area contributed by atoms with E-state index in [1.165, 1.54) is 12.1 Å². The maximum atomic E-state index is 12.2. The van der Waals surface area contributed by atoms with Gasteiger partial charge in [-0.1, -0.05) is 0 Å². The Morgan fingerprint density at radius 3 is 2.47 bits per heavy atom. The van der Waals surface area contributed by atoms with Crippen molar-refractivity contribution < 1.29 is 42.4 Å². The molecule has 30 heavy (non-hydrogen) atoms. The monoisotopic (exact) mass is 435 g/mol. The summed E-state index contributed by atoms with van der Waals surface area (Å²) in [4.78, 5) is 14.2. The molecule has 1 unspecified atom stereocenters. The van der Waals surface area contributed by atoms with Crippen LogP contribution < -0.4 is 15.4 Å². The Bertz CT molecular complexity index is 699. The fourth-order valence-electron chi connectivity index (χ4n) is 3.58. The number of nitrogens with one attached hydrogen (secondary N) is 2. The lowest BCUT2D eigenvalue weighted by atomic mass is 10.0. The second-order valence-corrected chi connectivity index (χ2v) is 6.93. The molecule has 4 atom stereocenters. The molecule has 2 saturated heterocycles. The van der Waals surface area contributed by atoms with Gasteiger partial charge in [0.15, 0.2) is 0 Å². The van der Waals surface area contributed by atoms with E-state index < -0.39 is 42.5 Å². The number of ether oxygens (including phenoxy) is 3. The molecule has 0 aliphatic carbocycles. The zero-order valence-corrected chi connectivity index (χ0v) is 16.0. The summed E-state index contributed by atoms with van der Waals surface area (Å²) in [5.74, 6) is -0.398. The van der Waals surface area contributed by atoms with Crippen molar-refractivity contribution in [3.8, 4) is 5.75 Å². The number of nitrogens with zero attached hydrogens (tertiary/aromatic N) is 1. The third-order valence-electron chi connectivity index (χ3n) is 4.92. The van der Waals surface area contributed by atoms with Crippen LogP contribution in [0.15, 0.2) is 24.3 Å². The summed E-state index contributed by atoms with van der Waals surface area (Å²) < 4.78 is 51.4. The summed E-state index contributed by atoms with van der Waals surface area (Å²) in [6, 6.07) is 3.71. The van der Waals surface area contributed by atoms with E-state index in [1.807, 2.05) is 4.90 Å². The molecular formula is C18H24F3N3O6. The number of rotatable bonds is 6. The molecule has 0 saturated carbocycles. The van der Waals surface area contributed by atoms with E-state index in [0.717, 1.165) is 12.1 Å². The van der Waals surface area contributed by atoms with E-state index in [2.05, 4.69) is 15.4 Å². The molecule has 4 N–H and O–H groups in total. The largest absolute Gasteiger partial charge is 0.573 e. The SMILES string of the molecule is O=C(NC[C@H]1O[C@@H](CO)[C@@H](O)C1N1CCOCC1)Nc1ccc(OC(F)(F)F)cc1. The number of morpholine rings is 1. The van der Waals surface area contributed by atoms with E-state index in [0.29, 0.717) is 26.3 Å². The highest BCUT2D eigenvalue weighted by Crippen LogP contribution is 2.27. The van der Waals surface area contributed by atoms with Crippen LogP contribution in [0.1, 0.15) is 0 Å². The number of aliphatic hydroxyl groups excluding tert-OH is 2. The van der Waals surface area contributed by atoms with Gasteiger partial charge in [-0.05, 0) is 24.3 Å². The van der Waals surface area contributed by atoms with Gasteiger partial charge in [0.1, 0.15) is 18.0 Å². The first-order valence-corrected chi connectivity index (χ1v) is 9.43. The van der Waals surface area contributed by atoms with Gasteiger partial charge in [-0.3, -0.25) is 4.90 Å². The standard InChI is InChI=1S/C18H24F3N3O6/c19-18(20,21)30-12-3-1-11(2-4-12)23-17(27)22-9-13-15(16(26)14(10-25)29-13)24-5-7-28-8-6-24/h1-4,13-16,25-26H,5-10H2,(H2,22,23,27)/t13-,14+,15?,16-/m1/s1. The number of halogens is 3. The first-order chi connectivity index (χ1) is 14.3. The van der Waals surface area contributed by atoms with E-state index in [1.54, 1.807) is 0 Å². The summed E-state index contributed by atoms with van der Waals surface area (Å²) in [6.07, 6.45) is -7.01. The fraction of sp³-hybridized carbons (Fsp3) is 0.611. The summed E-state index contributed by atoms with van der Waals surface area (Å²) in [5, 5.41) is 25.0. The lowest BCUT2D eigenvalue weighted by Gasteiger charge is -2.36. The molecule has 168 valence electrons. The van der Waals surface area contributed by atoms with Gasteiger partial charge in [0, 0.05) is 25.3 Å². The molecule has 2 heterocycles. The molecule has 12 heteroatoms. The zero-order chi connectivity index (χ0) is 21.7. The molecule has 2 aliphatic rings. The zero-order valence-electron chi connectivity index (χ0n) is 16.0. The van der Waals surface area contributed by atoms with Crippen LogP contribution in [0.25, 0.3) is 0 Å². The number of urea groups is 1. The molecular weight excluding hydrogens is 411 g/mol. The summed E-state index contributed by atoms with van der Waals surface area (Å²) in [7, 11) is 0. The number of alkyl halides is 3. The first kappa shape index (κ1) is 22.6. The van der Waals surface area contributed by atoms with Crippen LogP contribution in [0, 0.1) is 0 Å². The molecule has 0 spiro atoms. The van der Waals surface area contributed by atoms with E-state index in [-0.39, 0.29) is 18.8 Å². The van der Waals surface area contributed by atoms with Crippen molar-refractivity contribution >= 4 is 11.7 Å². The average Bonchev–Trinajstić information content (AvgIpc) is 3.03. The van der Waals surface area contributed by atoms with Gasteiger partial charge in [-0.15, -0.1) is 13.2 Å². The number of hydrogen-bond acceptors (Lipinski definition) is 7. The van der Waals surface area contributed by atoms with Crippen LogP contribution in [-0.4, -0.2) is 91.3 Å². The number of hydrogen-bond donors (Lipinski definition) is 4. The van der Waals surface area contributed by atoms with Crippen molar-refractivity contribution in [3.63, 3.8) is 0 Å². The Hall–Kier alpha value is -2.12. The van der Waals surface area contributed by atoms with Gasteiger partial charge in [-0.25, -0.2) is 4.79 Å². The lowest BCUT2D eigenvalue weighted by molar-refractivity contribution is -0.274. The Labute approximate surface area is 170 Å². The van der Waals surface area contributed by atoms with E-state index in [4.69, 9.17) is 9.47 Å².